The van der Waals surface area contributed by atoms with Crippen molar-refractivity contribution < 1.29 is 0 Å². The predicted octanol–water partition coefficient (Wildman–Crippen LogP) is 1.38. The smallest absolute Gasteiger partial charge is 0.256 e. The van der Waals surface area contributed by atoms with Gasteiger partial charge in [-0.3, -0.25) is 4.79 Å². The van der Waals surface area contributed by atoms with Crippen molar-refractivity contribution in [3.63, 3.8) is 0 Å². The number of aromatic amines is 1. The van der Waals surface area contributed by atoms with Gasteiger partial charge in [-0.15, -0.1) is 0 Å². The number of hydrogen-bond acceptors (Lipinski definition) is 4. The Balaban J connectivity index is 2.28. The maximum absolute atomic E-state index is 11.7. The third-order valence-electron chi connectivity index (χ3n) is 2.40. The lowest BCUT2D eigenvalue weighted by molar-refractivity contribution is 0.789. The number of nitrogens with one attached hydrogen (secondary N) is 2. The SMILES string of the molecule is CCSCc1nc2c(c(=O)[nH]1)CCCN2. The lowest BCUT2D eigenvalue weighted by atomic mass is 10.1. The average Bonchev–Trinajstić information content (AvgIpc) is 2.26. The predicted molar refractivity (Wildman–Crippen MR) is 63.5 cm³/mol. The fourth-order valence-electron chi connectivity index (χ4n) is 1.66. The topological polar surface area (TPSA) is 57.8 Å². The molecule has 82 valence electrons. The van der Waals surface area contributed by atoms with Crippen LogP contribution in [0.1, 0.15) is 24.7 Å². The van der Waals surface area contributed by atoms with Gasteiger partial charge in [0, 0.05) is 6.54 Å². The summed E-state index contributed by atoms with van der Waals surface area (Å²) in [5.74, 6) is 3.38. The summed E-state index contributed by atoms with van der Waals surface area (Å²) >= 11 is 1.76. The quantitative estimate of drug-likeness (QED) is 0.816. The Morgan fingerprint density at radius 3 is 3.20 bits per heavy atom. The molecule has 1 aliphatic rings. The Morgan fingerprint density at radius 2 is 2.40 bits per heavy atom. The van der Waals surface area contributed by atoms with Gasteiger partial charge >= 0.3 is 0 Å². The summed E-state index contributed by atoms with van der Waals surface area (Å²) in [6.07, 6.45) is 1.85. The molecule has 0 fully saturated rings. The Hall–Kier alpha value is -0.970. The summed E-state index contributed by atoms with van der Waals surface area (Å²) < 4.78 is 0. The molecule has 0 bridgehead atoms. The number of thioether (sulfide) groups is 1. The molecular formula is C10H15N3OS. The summed E-state index contributed by atoms with van der Waals surface area (Å²) in [5, 5.41) is 3.18. The summed E-state index contributed by atoms with van der Waals surface area (Å²) in [5.41, 5.74) is 0.838. The monoisotopic (exact) mass is 225 g/mol. The van der Waals surface area contributed by atoms with Gasteiger partial charge in [-0.2, -0.15) is 11.8 Å². The van der Waals surface area contributed by atoms with Crippen LogP contribution in [0.15, 0.2) is 4.79 Å². The second kappa shape index (κ2) is 4.70. The first kappa shape index (κ1) is 10.5. The zero-order valence-electron chi connectivity index (χ0n) is 8.80. The minimum absolute atomic E-state index is 0.0268. The van der Waals surface area contributed by atoms with Crippen molar-refractivity contribution >= 4 is 17.6 Å². The highest BCUT2D eigenvalue weighted by Crippen LogP contribution is 2.16. The van der Waals surface area contributed by atoms with E-state index in [1.54, 1.807) is 11.8 Å². The van der Waals surface area contributed by atoms with Crippen LogP contribution in [0.2, 0.25) is 0 Å². The maximum Gasteiger partial charge on any atom is 0.256 e. The lowest BCUT2D eigenvalue weighted by Gasteiger charge is -2.16. The minimum atomic E-state index is 0.0268. The van der Waals surface area contributed by atoms with Gasteiger partial charge in [0.15, 0.2) is 0 Å². The van der Waals surface area contributed by atoms with Crippen molar-refractivity contribution in [2.24, 2.45) is 0 Å². The molecule has 0 atom stereocenters. The summed E-state index contributed by atoms with van der Waals surface area (Å²) in [6, 6.07) is 0. The van der Waals surface area contributed by atoms with E-state index < -0.39 is 0 Å². The van der Waals surface area contributed by atoms with Gasteiger partial charge < -0.3 is 10.3 Å². The highest BCUT2D eigenvalue weighted by Gasteiger charge is 2.14. The largest absolute Gasteiger partial charge is 0.370 e. The van der Waals surface area contributed by atoms with E-state index in [1.165, 1.54) is 0 Å². The van der Waals surface area contributed by atoms with Gasteiger partial charge in [0.2, 0.25) is 0 Å². The van der Waals surface area contributed by atoms with E-state index in [-0.39, 0.29) is 5.56 Å². The second-order valence-electron chi connectivity index (χ2n) is 3.51. The molecular weight excluding hydrogens is 210 g/mol. The normalized spacial score (nSPS) is 14.5. The van der Waals surface area contributed by atoms with Crippen molar-refractivity contribution in [2.45, 2.75) is 25.5 Å². The number of rotatable bonds is 3. The standard InChI is InChI=1S/C10H15N3OS/c1-2-15-6-8-12-9-7(10(14)13-8)4-3-5-11-9/h2-6H2,1H3,(H2,11,12,13,14). The zero-order chi connectivity index (χ0) is 10.7. The van der Waals surface area contributed by atoms with E-state index in [0.29, 0.717) is 0 Å². The van der Waals surface area contributed by atoms with E-state index in [9.17, 15) is 4.79 Å². The van der Waals surface area contributed by atoms with Crippen LogP contribution in [0.4, 0.5) is 5.82 Å². The minimum Gasteiger partial charge on any atom is -0.370 e. The van der Waals surface area contributed by atoms with Crippen molar-refractivity contribution in [2.75, 3.05) is 17.6 Å². The summed E-state index contributed by atoms with van der Waals surface area (Å²) in [6.45, 7) is 3.02. The number of H-pyrrole nitrogens is 1. The summed E-state index contributed by atoms with van der Waals surface area (Å²) in [4.78, 5) is 19.0. The Labute approximate surface area is 92.9 Å². The third-order valence-corrected chi connectivity index (χ3v) is 3.29. The molecule has 0 unspecified atom stereocenters. The molecule has 1 aliphatic heterocycles. The molecule has 0 saturated carbocycles. The van der Waals surface area contributed by atoms with Gasteiger partial charge in [-0.05, 0) is 18.6 Å². The third kappa shape index (κ3) is 2.34. The molecule has 0 aromatic carbocycles. The Kier molecular flexibility index (Phi) is 3.30. The number of nitrogens with zero attached hydrogens (tertiary/aromatic N) is 1. The first-order valence-corrected chi connectivity index (χ1v) is 6.40. The second-order valence-corrected chi connectivity index (χ2v) is 4.78. The van der Waals surface area contributed by atoms with E-state index in [0.717, 1.165) is 48.1 Å². The van der Waals surface area contributed by atoms with E-state index in [2.05, 4.69) is 22.2 Å². The number of anilines is 1. The van der Waals surface area contributed by atoms with E-state index in [1.807, 2.05) is 0 Å². The molecule has 0 aliphatic carbocycles. The highest BCUT2D eigenvalue weighted by molar-refractivity contribution is 7.98. The van der Waals surface area contributed by atoms with Crippen LogP contribution in [0.3, 0.4) is 0 Å². The average molecular weight is 225 g/mol. The van der Waals surface area contributed by atoms with Gasteiger partial charge in [0.1, 0.15) is 11.6 Å². The van der Waals surface area contributed by atoms with Gasteiger partial charge in [-0.1, -0.05) is 6.92 Å². The first-order valence-electron chi connectivity index (χ1n) is 5.25. The molecule has 0 saturated heterocycles. The molecule has 0 amide bonds. The van der Waals surface area contributed by atoms with Crippen LogP contribution in [0.25, 0.3) is 0 Å². The molecule has 1 aromatic rings. The van der Waals surface area contributed by atoms with Crippen LogP contribution in [0.5, 0.6) is 0 Å². The Bertz CT molecular complexity index is 402. The first-order chi connectivity index (χ1) is 7.31. The summed E-state index contributed by atoms with van der Waals surface area (Å²) in [7, 11) is 0. The van der Waals surface area contributed by atoms with E-state index in [4.69, 9.17) is 0 Å². The Morgan fingerprint density at radius 1 is 1.53 bits per heavy atom. The lowest BCUT2D eigenvalue weighted by Crippen LogP contribution is -2.24. The van der Waals surface area contributed by atoms with Gasteiger partial charge in [0.05, 0.1) is 11.3 Å². The molecule has 1 aromatic heterocycles. The highest BCUT2D eigenvalue weighted by atomic mass is 32.2. The van der Waals surface area contributed by atoms with Crippen LogP contribution in [0, 0.1) is 0 Å². The number of hydrogen-bond donors (Lipinski definition) is 2. The molecule has 2 N–H and O–H groups in total. The molecule has 2 heterocycles. The maximum atomic E-state index is 11.7. The van der Waals surface area contributed by atoms with Crippen molar-refractivity contribution in [1.29, 1.82) is 0 Å². The van der Waals surface area contributed by atoms with Crippen molar-refractivity contribution in [3.8, 4) is 0 Å². The molecule has 0 spiro atoms. The molecule has 2 rings (SSSR count). The van der Waals surface area contributed by atoms with E-state index >= 15 is 0 Å². The van der Waals surface area contributed by atoms with Crippen LogP contribution < -0.4 is 10.9 Å². The van der Waals surface area contributed by atoms with Gasteiger partial charge in [-0.25, -0.2) is 4.98 Å². The fraction of sp³-hybridized carbons (Fsp3) is 0.600. The van der Waals surface area contributed by atoms with Crippen LogP contribution in [-0.4, -0.2) is 22.3 Å². The van der Waals surface area contributed by atoms with Crippen LogP contribution in [-0.2, 0) is 12.2 Å². The molecule has 15 heavy (non-hydrogen) atoms. The fourth-order valence-corrected chi connectivity index (χ4v) is 2.20. The molecule has 5 heteroatoms. The molecule has 0 radical (unpaired) electrons. The number of aromatic nitrogens is 2. The van der Waals surface area contributed by atoms with Crippen molar-refractivity contribution in [3.05, 3.63) is 21.7 Å². The zero-order valence-corrected chi connectivity index (χ0v) is 9.62. The number of fused-ring (bicyclic) bond motifs is 1. The van der Waals surface area contributed by atoms with Gasteiger partial charge in [0.25, 0.3) is 5.56 Å². The molecule has 4 nitrogen and oxygen atoms in total. The van der Waals surface area contributed by atoms with Crippen LogP contribution >= 0.6 is 11.8 Å². The van der Waals surface area contributed by atoms with Crippen molar-refractivity contribution in [1.82, 2.24) is 9.97 Å².